The van der Waals surface area contributed by atoms with E-state index in [0.29, 0.717) is 5.54 Å². The van der Waals surface area contributed by atoms with Crippen LogP contribution in [-0.4, -0.2) is 44.8 Å². The largest absolute Gasteiger partial charge is 0.311 e. The second-order valence-corrected chi connectivity index (χ2v) is 8.35. The van der Waals surface area contributed by atoms with Crippen LogP contribution in [0.1, 0.15) is 56.9 Å². The van der Waals surface area contributed by atoms with E-state index >= 15 is 0 Å². The molecule has 0 radical (unpaired) electrons. The number of nitrogens with one attached hydrogen (secondary N) is 1. The number of aryl methyl sites for hydroxylation is 1. The molecule has 2 aromatic heterocycles. The Balaban J connectivity index is 1.45. The Morgan fingerprint density at radius 2 is 1.85 bits per heavy atom. The van der Waals surface area contributed by atoms with Crippen LogP contribution in [0.3, 0.4) is 0 Å². The number of nitrogens with zero attached hydrogens (tertiary/aromatic N) is 4. The molecule has 0 unspecified atom stereocenters. The van der Waals surface area contributed by atoms with Crippen molar-refractivity contribution in [3.8, 4) is 11.3 Å². The normalized spacial score (nSPS) is 20.6. The van der Waals surface area contributed by atoms with Crippen LogP contribution in [0.2, 0.25) is 0 Å². The molecule has 0 atom stereocenters. The van der Waals surface area contributed by atoms with Gasteiger partial charge in [-0.3, -0.25) is 14.6 Å². The number of aromatic nitrogens is 3. The fraction of sp³-hybridized carbons (Fsp3) is 0.636. The minimum Gasteiger partial charge on any atom is -0.311 e. The summed E-state index contributed by atoms with van der Waals surface area (Å²) in [5.41, 5.74) is 3.78. The molecule has 0 amide bonds. The van der Waals surface area contributed by atoms with Gasteiger partial charge < -0.3 is 5.32 Å². The van der Waals surface area contributed by atoms with Crippen LogP contribution >= 0.6 is 0 Å². The highest BCUT2D eigenvalue weighted by Crippen LogP contribution is 2.35. The molecule has 1 aliphatic heterocycles. The van der Waals surface area contributed by atoms with Crippen molar-refractivity contribution < 1.29 is 0 Å². The molecule has 146 valence electrons. The molecule has 5 heteroatoms. The zero-order chi connectivity index (χ0) is 18.5. The van der Waals surface area contributed by atoms with Gasteiger partial charge in [0.1, 0.15) is 0 Å². The summed E-state index contributed by atoms with van der Waals surface area (Å²) < 4.78 is 1.92. The minimum atomic E-state index is 0.370. The van der Waals surface area contributed by atoms with Gasteiger partial charge in [-0.05, 0) is 50.9 Å². The maximum Gasteiger partial charge on any atom is 0.0983 e. The predicted molar refractivity (Wildman–Crippen MR) is 109 cm³/mol. The van der Waals surface area contributed by atoms with Gasteiger partial charge in [0.25, 0.3) is 0 Å². The van der Waals surface area contributed by atoms with Gasteiger partial charge in [0, 0.05) is 55.4 Å². The van der Waals surface area contributed by atoms with Gasteiger partial charge in [-0.2, -0.15) is 5.10 Å². The van der Waals surface area contributed by atoms with Crippen LogP contribution in [0.4, 0.5) is 0 Å². The van der Waals surface area contributed by atoms with E-state index < -0.39 is 0 Å². The highest BCUT2D eigenvalue weighted by atomic mass is 15.3. The fourth-order valence-electron chi connectivity index (χ4n) is 5.03. The summed E-state index contributed by atoms with van der Waals surface area (Å²) in [6.07, 6.45) is 16.9. The Labute approximate surface area is 163 Å². The lowest BCUT2D eigenvalue weighted by Crippen LogP contribution is -2.57. The standard InChI is InChI=1S/C22H33N5/c1-26-17-20(21(25-26)19-9-8-12-23-15-19)16-24-18-22(10-4-2-5-11-22)27-13-6-3-7-14-27/h8-9,12,15,17,24H,2-7,10-11,13-14,16,18H2,1H3. The molecule has 5 nitrogen and oxygen atoms in total. The van der Waals surface area contributed by atoms with E-state index in [0.717, 1.165) is 24.3 Å². The third-order valence-electron chi connectivity index (χ3n) is 6.42. The number of hydrogen-bond acceptors (Lipinski definition) is 4. The van der Waals surface area contributed by atoms with Crippen molar-refractivity contribution in [2.75, 3.05) is 19.6 Å². The Kier molecular flexibility index (Phi) is 5.89. The van der Waals surface area contributed by atoms with Gasteiger partial charge in [0.2, 0.25) is 0 Å². The SMILES string of the molecule is Cn1cc(CNCC2(N3CCCCC3)CCCCC2)c(-c2cccnc2)n1. The molecule has 2 aliphatic rings. The van der Waals surface area contributed by atoms with Crippen LogP contribution in [0, 0.1) is 0 Å². The summed E-state index contributed by atoms with van der Waals surface area (Å²) in [7, 11) is 2.00. The van der Waals surface area contributed by atoms with Gasteiger partial charge >= 0.3 is 0 Å². The monoisotopic (exact) mass is 367 g/mol. The second kappa shape index (κ2) is 8.53. The van der Waals surface area contributed by atoms with Gasteiger partial charge in [0.15, 0.2) is 0 Å². The number of piperidine rings is 1. The molecule has 27 heavy (non-hydrogen) atoms. The third kappa shape index (κ3) is 4.25. The van der Waals surface area contributed by atoms with Gasteiger partial charge in [0.05, 0.1) is 5.69 Å². The lowest BCUT2D eigenvalue weighted by molar-refractivity contribution is 0.0333. The molecule has 2 fully saturated rings. The van der Waals surface area contributed by atoms with E-state index in [2.05, 4.69) is 32.6 Å². The lowest BCUT2D eigenvalue weighted by Gasteiger charge is -2.48. The summed E-state index contributed by atoms with van der Waals surface area (Å²) in [6, 6.07) is 4.07. The average molecular weight is 368 g/mol. The summed E-state index contributed by atoms with van der Waals surface area (Å²) in [6.45, 7) is 4.53. The average Bonchev–Trinajstić information content (AvgIpc) is 3.10. The van der Waals surface area contributed by atoms with Gasteiger partial charge in [-0.25, -0.2) is 0 Å². The van der Waals surface area contributed by atoms with Crippen molar-refractivity contribution >= 4 is 0 Å². The molecule has 4 rings (SSSR count). The van der Waals surface area contributed by atoms with Crippen LogP contribution in [-0.2, 0) is 13.6 Å². The second-order valence-electron chi connectivity index (χ2n) is 8.35. The molecule has 1 N–H and O–H groups in total. The van der Waals surface area contributed by atoms with E-state index in [1.54, 1.807) is 0 Å². The Hall–Kier alpha value is -1.72. The van der Waals surface area contributed by atoms with Crippen molar-refractivity contribution in [2.24, 2.45) is 7.05 Å². The molecule has 0 bridgehead atoms. The van der Waals surface area contributed by atoms with Crippen LogP contribution in [0.15, 0.2) is 30.7 Å². The first-order chi connectivity index (χ1) is 13.3. The molecule has 1 saturated heterocycles. The highest BCUT2D eigenvalue weighted by molar-refractivity contribution is 5.61. The minimum absolute atomic E-state index is 0.370. The van der Waals surface area contributed by atoms with E-state index in [-0.39, 0.29) is 0 Å². The Bertz CT molecular complexity index is 712. The van der Waals surface area contributed by atoms with Crippen molar-refractivity contribution in [2.45, 2.75) is 63.5 Å². The molecule has 0 spiro atoms. The molecule has 1 aliphatic carbocycles. The van der Waals surface area contributed by atoms with Crippen LogP contribution in [0.5, 0.6) is 0 Å². The zero-order valence-electron chi connectivity index (χ0n) is 16.7. The number of hydrogen-bond donors (Lipinski definition) is 1. The van der Waals surface area contributed by atoms with E-state index in [4.69, 9.17) is 0 Å². The predicted octanol–water partition coefficient (Wildman–Crippen LogP) is 3.76. The van der Waals surface area contributed by atoms with Crippen molar-refractivity contribution in [1.82, 2.24) is 25.0 Å². The summed E-state index contributed by atoms with van der Waals surface area (Å²) in [5, 5.41) is 8.50. The van der Waals surface area contributed by atoms with Gasteiger partial charge in [-0.15, -0.1) is 0 Å². The zero-order valence-corrected chi connectivity index (χ0v) is 16.7. The molecular formula is C22H33N5. The smallest absolute Gasteiger partial charge is 0.0983 e. The molecule has 3 heterocycles. The van der Waals surface area contributed by atoms with E-state index in [1.807, 2.05) is 30.2 Å². The maximum absolute atomic E-state index is 4.68. The number of rotatable bonds is 6. The summed E-state index contributed by atoms with van der Waals surface area (Å²) in [4.78, 5) is 7.07. The van der Waals surface area contributed by atoms with E-state index in [9.17, 15) is 0 Å². The van der Waals surface area contributed by atoms with Crippen molar-refractivity contribution in [1.29, 1.82) is 0 Å². The third-order valence-corrected chi connectivity index (χ3v) is 6.42. The Morgan fingerprint density at radius 3 is 2.59 bits per heavy atom. The first kappa shape index (κ1) is 18.6. The molecular weight excluding hydrogens is 334 g/mol. The molecule has 0 aromatic carbocycles. The van der Waals surface area contributed by atoms with E-state index in [1.165, 1.54) is 70.0 Å². The first-order valence-corrected chi connectivity index (χ1v) is 10.7. The van der Waals surface area contributed by atoms with Gasteiger partial charge in [-0.1, -0.05) is 25.7 Å². The van der Waals surface area contributed by atoms with Crippen molar-refractivity contribution in [3.63, 3.8) is 0 Å². The fourth-order valence-corrected chi connectivity index (χ4v) is 5.03. The maximum atomic E-state index is 4.68. The van der Waals surface area contributed by atoms with Crippen LogP contribution < -0.4 is 5.32 Å². The number of likely N-dealkylation sites (tertiary alicyclic amines) is 1. The van der Waals surface area contributed by atoms with Crippen molar-refractivity contribution in [3.05, 3.63) is 36.3 Å². The molecule has 2 aromatic rings. The summed E-state index contributed by atoms with van der Waals surface area (Å²) in [5.74, 6) is 0. The topological polar surface area (TPSA) is 46.0 Å². The van der Waals surface area contributed by atoms with Crippen LogP contribution in [0.25, 0.3) is 11.3 Å². The Morgan fingerprint density at radius 1 is 1.07 bits per heavy atom. The molecule has 1 saturated carbocycles. The quantitative estimate of drug-likeness (QED) is 0.844. The lowest BCUT2D eigenvalue weighted by atomic mass is 9.79. The number of pyridine rings is 1. The highest BCUT2D eigenvalue weighted by Gasteiger charge is 2.37. The first-order valence-electron chi connectivity index (χ1n) is 10.7. The summed E-state index contributed by atoms with van der Waals surface area (Å²) >= 11 is 0.